The molecule has 1 aromatic heterocycles. The van der Waals surface area contributed by atoms with Gasteiger partial charge in [-0.15, -0.1) is 10.2 Å². The lowest BCUT2D eigenvalue weighted by Crippen LogP contribution is -2.38. The van der Waals surface area contributed by atoms with Crippen molar-refractivity contribution >= 4 is 11.7 Å². The molecule has 6 nitrogen and oxygen atoms in total. The lowest BCUT2D eigenvalue weighted by molar-refractivity contribution is 0.0619. The van der Waals surface area contributed by atoms with E-state index in [1.807, 2.05) is 13.0 Å². The Kier molecular flexibility index (Phi) is 4.34. The molecule has 1 aliphatic heterocycles. The van der Waals surface area contributed by atoms with Crippen molar-refractivity contribution < 1.29 is 9.53 Å². The van der Waals surface area contributed by atoms with Crippen LogP contribution in [0.2, 0.25) is 0 Å². The molecule has 2 heterocycles. The van der Waals surface area contributed by atoms with Gasteiger partial charge in [0.25, 0.3) is 5.91 Å². The zero-order valence-electron chi connectivity index (χ0n) is 12.3. The largest absolute Gasteiger partial charge is 0.378 e. The summed E-state index contributed by atoms with van der Waals surface area (Å²) in [6, 6.07) is 3.94. The second kappa shape index (κ2) is 6.39. The fraction of sp³-hybridized carbons (Fsp3) is 0.667. The molecule has 0 radical (unpaired) electrons. The molecule has 2 fully saturated rings. The summed E-state index contributed by atoms with van der Waals surface area (Å²) >= 11 is 0. The summed E-state index contributed by atoms with van der Waals surface area (Å²) in [6.07, 6.45) is 5.02. The second-order valence-electron chi connectivity index (χ2n) is 5.71. The molecule has 0 aromatic carbocycles. The van der Waals surface area contributed by atoms with E-state index in [2.05, 4.69) is 20.8 Å². The molecular formula is C15H22N4O2. The van der Waals surface area contributed by atoms with Gasteiger partial charge in [0.15, 0.2) is 5.69 Å². The zero-order valence-corrected chi connectivity index (χ0v) is 12.3. The van der Waals surface area contributed by atoms with E-state index < -0.39 is 0 Å². The number of rotatable bonds is 4. The second-order valence-corrected chi connectivity index (χ2v) is 5.71. The predicted octanol–water partition coefficient (Wildman–Crippen LogP) is 1.60. The number of nitrogens with zero attached hydrogens (tertiary/aromatic N) is 2. The molecule has 0 unspecified atom stereocenters. The van der Waals surface area contributed by atoms with Crippen molar-refractivity contribution in [2.45, 2.75) is 44.8 Å². The Labute approximate surface area is 124 Å². The fourth-order valence-corrected chi connectivity index (χ4v) is 3.33. The maximum Gasteiger partial charge on any atom is 0.271 e. The predicted molar refractivity (Wildman–Crippen MR) is 79.1 cm³/mol. The number of anilines is 1. The first-order chi connectivity index (χ1) is 10.3. The van der Waals surface area contributed by atoms with Crippen LogP contribution in [0.25, 0.3) is 0 Å². The number of aromatic nitrogens is 2. The number of nitrogens with one attached hydrogen (secondary N) is 2. The van der Waals surface area contributed by atoms with Crippen molar-refractivity contribution in [2.24, 2.45) is 5.92 Å². The highest BCUT2D eigenvalue weighted by Gasteiger charge is 2.37. The van der Waals surface area contributed by atoms with Crippen LogP contribution >= 0.6 is 0 Å². The van der Waals surface area contributed by atoms with E-state index in [0.717, 1.165) is 25.3 Å². The Bertz CT molecular complexity index is 491. The first kappa shape index (κ1) is 14.3. The SMILES string of the molecule is CCNC(=O)c1ccc(N[C@@H]2CCC[C@H]3OCC[C@H]23)nn1. The van der Waals surface area contributed by atoms with Crippen LogP contribution in [0.5, 0.6) is 0 Å². The molecule has 6 heteroatoms. The first-order valence-corrected chi connectivity index (χ1v) is 7.78. The van der Waals surface area contributed by atoms with Crippen molar-refractivity contribution in [2.75, 3.05) is 18.5 Å². The Morgan fingerprint density at radius 2 is 2.24 bits per heavy atom. The van der Waals surface area contributed by atoms with Crippen LogP contribution in [0.3, 0.4) is 0 Å². The van der Waals surface area contributed by atoms with Gasteiger partial charge in [-0.05, 0) is 44.7 Å². The number of carbonyl (C=O) groups is 1. The highest BCUT2D eigenvalue weighted by atomic mass is 16.5. The van der Waals surface area contributed by atoms with Crippen molar-refractivity contribution in [3.05, 3.63) is 17.8 Å². The van der Waals surface area contributed by atoms with E-state index in [-0.39, 0.29) is 5.91 Å². The molecule has 3 rings (SSSR count). The van der Waals surface area contributed by atoms with Crippen molar-refractivity contribution in [3.8, 4) is 0 Å². The van der Waals surface area contributed by atoms with Gasteiger partial charge in [0, 0.05) is 25.1 Å². The summed E-state index contributed by atoms with van der Waals surface area (Å²) in [5.74, 6) is 1.13. The van der Waals surface area contributed by atoms with Gasteiger partial charge in [-0.1, -0.05) is 0 Å². The van der Waals surface area contributed by atoms with Crippen LogP contribution in [0.15, 0.2) is 12.1 Å². The Hall–Kier alpha value is -1.69. The summed E-state index contributed by atoms with van der Waals surface area (Å²) in [5.41, 5.74) is 0.355. The summed E-state index contributed by atoms with van der Waals surface area (Å²) in [6.45, 7) is 3.34. The number of hydrogen-bond donors (Lipinski definition) is 2. The van der Waals surface area contributed by atoms with Crippen molar-refractivity contribution in [3.63, 3.8) is 0 Å². The molecule has 1 aromatic rings. The average Bonchev–Trinajstić information content (AvgIpc) is 2.98. The van der Waals surface area contributed by atoms with Crippen LogP contribution < -0.4 is 10.6 Å². The smallest absolute Gasteiger partial charge is 0.271 e. The lowest BCUT2D eigenvalue weighted by Gasteiger charge is -2.33. The van der Waals surface area contributed by atoms with Gasteiger partial charge in [0.1, 0.15) is 5.82 Å². The maximum absolute atomic E-state index is 11.6. The molecule has 3 atom stereocenters. The van der Waals surface area contributed by atoms with Crippen molar-refractivity contribution in [1.29, 1.82) is 0 Å². The van der Waals surface area contributed by atoms with Gasteiger partial charge in [-0.25, -0.2) is 0 Å². The minimum Gasteiger partial charge on any atom is -0.378 e. The number of carbonyl (C=O) groups excluding carboxylic acids is 1. The quantitative estimate of drug-likeness (QED) is 0.881. The minimum atomic E-state index is -0.182. The van der Waals surface area contributed by atoms with Crippen LogP contribution in [-0.4, -0.2) is 41.4 Å². The van der Waals surface area contributed by atoms with Crippen LogP contribution in [0.1, 0.15) is 43.1 Å². The highest BCUT2D eigenvalue weighted by Crippen LogP contribution is 2.35. The van der Waals surface area contributed by atoms with Crippen LogP contribution in [0.4, 0.5) is 5.82 Å². The molecule has 114 valence electrons. The summed E-state index contributed by atoms with van der Waals surface area (Å²) in [4.78, 5) is 11.6. The van der Waals surface area contributed by atoms with E-state index in [1.54, 1.807) is 6.07 Å². The summed E-state index contributed by atoms with van der Waals surface area (Å²) in [7, 11) is 0. The van der Waals surface area contributed by atoms with E-state index in [1.165, 1.54) is 12.8 Å². The Morgan fingerprint density at radius 1 is 1.33 bits per heavy atom. The van der Waals surface area contributed by atoms with E-state index in [4.69, 9.17) is 4.74 Å². The van der Waals surface area contributed by atoms with Gasteiger partial charge in [0.2, 0.25) is 0 Å². The molecule has 2 N–H and O–H groups in total. The fourth-order valence-electron chi connectivity index (χ4n) is 3.33. The maximum atomic E-state index is 11.6. The summed E-state index contributed by atoms with van der Waals surface area (Å²) < 4.78 is 5.77. The Morgan fingerprint density at radius 3 is 3.00 bits per heavy atom. The minimum absolute atomic E-state index is 0.182. The number of fused-ring (bicyclic) bond motifs is 1. The van der Waals surface area contributed by atoms with E-state index >= 15 is 0 Å². The van der Waals surface area contributed by atoms with E-state index in [0.29, 0.717) is 30.3 Å². The normalized spacial score (nSPS) is 28.0. The third-order valence-corrected chi connectivity index (χ3v) is 4.35. The first-order valence-electron chi connectivity index (χ1n) is 7.78. The van der Waals surface area contributed by atoms with Crippen LogP contribution in [-0.2, 0) is 4.74 Å². The topological polar surface area (TPSA) is 76.1 Å². The molecular weight excluding hydrogens is 268 g/mol. The lowest BCUT2D eigenvalue weighted by atomic mass is 9.82. The number of ether oxygens (including phenoxy) is 1. The molecule has 2 aliphatic rings. The third kappa shape index (κ3) is 3.15. The molecule has 0 bridgehead atoms. The monoisotopic (exact) mass is 290 g/mol. The molecule has 1 saturated carbocycles. The third-order valence-electron chi connectivity index (χ3n) is 4.35. The average molecular weight is 290 g/mol. The molecule has 0 spiro atoms. The molecule has 1 saturated heterocycles. The Balaban J connectivity index is 1.63. The highest BCUT2D eigenvalue weighted by molar-refractivity contribution is 5.92. The number of amides is 1. The van der Waals surface area contributed by atoms with Crippen molar-refractivity contribution in [1.82, 2.24) is 15.5 Å². The molecule has 21 heavy (non-hydrogen) atoms. The summed E-state index contributed by atoms with van der Waals surface area (Å²) in [5, 5.41) is 14.3. The van der Waals surface area contributed by atoms with Gasteiger partial charge < -0.3 is 15.4 Å². The molecule has 1 aliphatic carbocycles. The van der Waals surface area contributed by atoms with Gasteiger partial charge in [0.05, 0.1) is 6.10 Å². The van der Waals surface area contributed by atoms with Gasteiger partial charge in [-0.3, -0.25) is 4.79 Å². The zero-order chi connectivity index (χ0) is 14.7. The van der Waals surface area contributed by atoms with Crippen LogP contribution in [0, 0.1) is 5.92 Å². The van der Waals surface area contributed by atoms with Gasteiger partial charge in [-0.2, -0.15) is 0 Å². The number of hydrogen-bond acceptors (Lipinski definition) is 5. The van der Waals surface area contributed by atoms with Gasteiger partial charge >= 0.3 is 0 Å². The standard InChI is InChI=1S/C15H22N4O2/c1-2-16-15(20)12-6-7-14(19-18-12)17-11-4-3-5-13-10(11)8-9-21-13/h6-7,10-11,13H,2-5,8-9H2,1H3,(H,16,20)(H,17,19)/t10-,11-,13-/m1/s1. The molecule has 1 amide bonds. The van der Waals surface area contributed by atoms with E-state index in [9.17, 15) is 4.79 Å².